The molecule has 0 fully saturated rings. The monoisotopic (exact) mass is 365 g/mol. The van der Waals surface area contributed by atoms with E-state index in [9.17, 15) is 4.79 Å². The average molecular weight is 366 g/mol. The van der Waals surface area contributed by atoms with Gasteiger partial charge >= 0.3 is 0 Å². The number of ether oxygens (including phenoxy) is 1. The molecule has 110 valence electrons. The van der Waals surface area contributed by atoms with E-state index in [0.29, 0.717) is 6.42 Å². The Morgan fingerprint density at radius 2 is 1.90 bits per heavy atom. The molecule has 0 unspecified atom stereocenters. The summed E-state index contributed by atoms with van der Waals surface area (Å²) in [5.74, 6) is 1.59. The van der Waals surface area contributed by atoms with Gasteiger partial charge in [-0.05, 0) is 52.3 Å². The molecule has 0 aliphatic heterocycles. The number of benzene rings is 2. The lowest BCUT2D eigenvalue weighted by atomic mass is 10.3. The Morgan fingerprint density at radius 1 is 1.19 bits per heavy atom. The Balaban J connectivity index is 1.77. The van der Waals surface area contributed by atoms with Gasteiger partial charge in [0.25, 0.3) is 0 Å². The highest BCUT2D eigenvalue weighted by Crippen LogP contribution is 2.23. The topological polar surface area (TPSA) is 38.3 Å². The van der Waals surface area contributed by atoms with Crippen LogP contribution in [0.1, 0.15) is 6.42 Å². The zero-order valence-corrected chi connectivity index (χ0v) is 14.0. The summed E-state index contributed by atoms with van der Waals surface area (Å²) >= 11 is 5.07. The zero-order valence-electron chi connectivity index (χ0n) is 11.6. The molecule has 0 aliphatic carbocycles. The van der Waals surface area contributed by atoms with E-state index in [1.54, 1.807) is 18.9 Å². The summed E-state index contributed by atoms with van der Waals surface area (Å²) in [4.78, 5) is 13.0. The molecule has 2 rings (SSSR count). The predicted octanol–water partition coefficient (Wildman–Crippen LogP) is 4.58. The van der Waals surface area contributed by atoms with Gasteiger partial charge in [0.1, 0.15) is 5.75 Å². The molecular formula is C16H16BrNO2S. The third-order valence-corrected chi connectivity index (χ3v) is 4.51. The molecule has 0 saturated carbocycles. The van der Waals surface area contributed by atoms with E-state index in [1.807, 2.05) is 48.5 Å². The molecule has 0 saturated heterocycles. The van der Waals surface area contributed by atoms with E-state index < -0.39 is 0 Å². The molecule has 0 spiro atoms. The smallest absolute Gasteiger partial charge is 0.225 e. The number of para-hydroxylation sites is 1. The number of carbonyl (C=O) groups is 1. The number of anilines is 1. The van der Waals surface area contributed by atoms with Crippen LogP contribution in [0, 0.1) is 0 Å². The van der Waals surface area contributed by atoms with E-state index in [4.69, 9.17) is 4.74 Å². The van der Waals surface area contributed by atoms with Crippen molar-refractivity contribution in [1.82, 2.24) is 0 Å². The molecule has 0 heterocycles. The number of amides is 1. The second-order valence-electron chi connectivity index (χ2n) is 4.30. The fourth-order valence-electron chi connectivity index (χ4n) is 1.71. The van der Waals surface area contributed by atoms with Crippen molar-refractivity contribution in [3.05, 3.63) is 53.0 Å². The van der Waals surface area contributed by atoms with Crippen LogP contribution < -0.4 is 10.1 Å². The van der Waals surface area contributed by atoms with Crippen LogP contribution >= 0.6 is 27.7 Å². The lowest BCUT2D eigenvalue weighted by Gasteiger charge is -2.07. The SMILES string of the molecule is COc1ccc(SCCC(=O)Nc2ccccc2Br)cc1. The standard InChI is InChI=1S/C16H16BrNO2S/c1-20-12-6-8-13(9-7-12)21-11-10-16(19)18-15-5-3-2-4-14(15)17/h2-9H,10-11H2,1H3,(H,18,19). The molecule has 0 radical (unpaired) electrons. The summed E-state index contributed by atoms with van der Waals surface area (Å²) in [5, 5.41) is 2.90. The number of nitrogens with one attached hydrogen (secondary N) is 1. The third kappa shape index (κ3) is 5.10. The van der Waals surface area contributed by atoms with Crippen molar-refractivity contribution < 1.29 is 9.53 Å². The molecule has 2 aromatic carbocycles. The summed E-state index contributed by atoms with van der Waals surface area (Å²) in [6, 6.07) is 15.4. The molecule has 1 amide bonds. The van der Waals surface area contributed by atoms with Crippen molar-refractivity contribution in [2.24, 2.45) is 0 Å². The molecule has 0 aliphatic rings. The predicted molar refractivity (Wildman–Crippen MR) is 91.1 cm³/mol. The van der Waals surface area contributed by atoms with E-state index in [-0.39, 0.29) is 5.91 Å². The van der Waals surface area contributed by atoms with Gasteiger partial charge in [-0.25, -0.2) is 0 Å². The zero-order chi connectivity index (χ0) is 15.1. The van der Waals surface area contributed by atoms with Crippen LogP contribution in [-0.2, 0) is 4.79 Å². The van der Waals surface area contributed by atoms with Gasteiger partial charge in [-0.2, -0.15) is 0 Å². The minimum Gasteiger partial charge on any atom is -0.497 e. The van der Waals surface area contributed by atoms with Crippen molar-refractivity contribution in [2.75, 3.05) is 18.2 Å². The third-order valence-electron chi connectivity index (χ3n) is 2.81. The van der Waals surface area contributed by atoms with Gasteiger partial charge in [0.15, 0.2) is 0 Å². The molecule has 1 N–H and O–H groups in total. The van der Waals surface area contributed by atoms with Gasteiger partial charge < -0.3 is 10.1 Å². The Kier molecular flexibility index (Phi) is 6.14. The Labute approximate surface area is 137 Å². The maximum atomic E-state index is 11.9. The van der Waals surface area contributed by atoms with Gasteiger partial charge in [0, 0.05) is 21.5 Å². The van der Waals surface area contributed by atoms with Gasteiger partial charge in [-0.3, -0.25) is 4.79 Å². The Hall–Kier alpha value is -1.46. The quantitative estimate of drug-likeness (QED) is 0.761. The molecule has 5 heteroatoms. The van der Waals surface area contributed by atoms with Crippen molar-refractivity contribution in [3.63, 3.8) is 0 Å². The van der Waals surface area contributed by atoms with Crippen molar-refractivity contribution in [1.29, 1.82) is 0 Å². The minimum absolute atomic E-state index is 0.0166. The second-order valence-corrected chi connectivity index (χ2v) is 6.32. The minimum atomic E-state index is 0.0166. The number of hydrogen-bond donors (Lipinski definition) is 1. The maximum Gasteiger partial charge on any atom is 0.225 e. The van der Waals surface area contributed by atoms with Gasteiger partial charge in [-0.15, -0.1) is 11.8 Å². The van der Waals surface area contributed by atoms with E-state index in [2.05, 4.69) is 21.2 Å². The van der Waals surface area contributed by atoms with Gasteiger partial charge in [0.2, 0.25) is 5.91 Å². The first-order chi connectivity index (χ1) is 10.2. The summed E-state index contributed by atoms with van der Waals surface area (Å²) in [7, 11) is 1.65. The van der Waals surface area contributed by atoms with E-state index in [1.165, 1.54) is 0 Å². The lowest BCUT2D eigenvalue weighted by molar-refractivity contribution is -0.115. The summed E-state index contributed by atoms with van der Waals surface area (Å²) in [6.45, 7) is 0. The number of carbonyl (C=O) groups excluding carboxylic acids is 1. The highest BCUT2D eigenvalue weighted by atomic mass is 79.9. The molecule has 21 heavy (non-hydrogen) atoms. The second kappa shape index (κ2) is 8.10. The molecular weight excluding hydrogens is 350 g/mol. The van der Waals surface area contributed by atoms with Gasteiger partial charge in [-0.1, -0.05) is 12.1 Å². The van der Waals surface area contributed by atoms with Crippen LogP contribution in [0.15, 0.2) is 57.9 Å². The molecule has 2 aromatic rings. The van der Waals surface area contributed by atoms with Crippen LogP contribution in [0.3, 0.4) is 0 Å². The Bertz CT molecular complexity index is 601. The largest absolute Gasteiger partial charge is 0.497 e. The van der Waals surface area contributed by atoms with Crippen molar-refractivity contribution in [3.8, 4) is 5.75 Å². The van der Waals surface area contributed by atoms with Crippen molar-refractivity contribution >= 4 is 39.3 Å². The van der Waals surface area contributed by atoms with E-state index >= 15 is 0 Å². The first-order valence-corrected chi connectivity index (χ1v) is 8.28. The molecule has 3 nitrogen and oxygen atoms in total. The van der Waals surface area contributed by atoms with Crippen LogP contribution in [0.2, 0.25) is 0 Å². The van der Waals surface area contributed by atoms with E-state index in [0.717, 1.165) is 26.6 Å². The first kappa shape index (κ1) is 15.9. The van der Waals surface area contributed by atoms with Crippen LogP contribution in [0.5, 0.6) is 5.75 Å². The van der Waals surface area contributed by atoms with Crippen LogP contribution in [0.25, 0.3) is 0 Å². The Morgan fingerprint density at radius 3 is 2.57 bits per heavy atom. The average Bonchev–Trinajstić information content (AvgIpc) is 2.50. The highest BCUT2D eigenvalue weighted by Gasteiger charge is 2.05. The number of hydrogen-bond acceptors (Lipinski definition) is 3. The fraction of sp³-hybridized carbons (Fsp3) is 0.188. The summed E-state index contributed by atoms with van der Waals surface area (Å²) in [5.41, 5.74) is 0.803. The summed E-state index contributed by atoms with van der Waals surface area (Å²) in [6.07, 6.45) is 0.470. The number of halogens is 1. The van der Waals surface area contributed by atoms with Crippen LogP contribution in [0.4, 0.5) is 5.69 Å². The summed E-state index contributed by atoms with van der Waals surface area (Å²) < 4.78 is 6.00. The fourth-order valence-corrected chi connectivity index (χ4v) is 2.94. The first-order valence-electron chi connectivity index (χ1n) is 6.50. The maximum absolute atomic E-state index is 11.9. The number of methoxy groups -OCH3 is 1. The highest BCUT2D eigenvalue weighted by molar-refractivity contribution is 9.10. The normalized spacial score (nSPS) is 10.2. The van der Waals surface area contributed by atoms with Crippen molar-refractivity contribution in [2.45, 2.75) is 11.3 Å². The number of thioether (sulfide) groups is 1. The van der Waals surface area contributed by atoms with Crippen LogP contribution in [-0.4, -0.2) is 18.8 Å². The molecule has 0 atom stereocenters. The van der Waals surface area contributed by atoms with Gasteiger partial charge in [0.05, 0.1) is 12.8 Å². The lowest BCUT2D eigenvalue weighted by Crippen LogP contribution is -2.12. The molecule has 0 aromatic heterocycles. The number of rotatable bonds is 6. The molecule has 0 bridgehead atoms.